The van der Waals surface area contributed by atoms with Gasteiger partial charge in [0.05, 0.1) is 17.8 Å². The average molecular weight is 439 g/mol. The first kappa shape index (κ1) is 20.9. The minimum absolute atomic E-state index is 0.0844. The van der Waals surface area contributed by atoms with Crippen LogP contribution in [-0.2, 0) is 5.75 Å². The summed E-state index contributed by atoms with van der Waals surface area (Å²) in [7, 11) is 0. The third-order valence-corrected chi connectivity index (χ3v) is 7.12. The highest BCUT2D eigenvalue weighted by molar-refractivity contribution is 7.99. The Hall–Kier alpha value is -2.36. The largest absolute Gasteiger partial charge is 0.465 e. The third-order valence-electron chi connectivity index (χ3n) is 5.72. The van der Waals surface area contributed by atoms with Crippen molar-refractivity contribution in [3.8, 4) is 0 Å². The fourth-order valence-corrected chi connectivity index (χ4v) is 5.24. The molecule has 2 atom stereocenters. The number of H-pyrrole nitrogens is 1. The molecule has 1 aromatic carbocycles. The van der Waals surface area contributed by atoms with Gasteiger partial charge in [-0.1, -0.05) is 12.8 Å². The second-order valence-electron chi connectivity index (χ2n) is 7.87. The first-order valence-corrected chi connectivity index (χ1v) is 11.2. The van der Waals surface area contributed by atoms with Crippen LogP contribution in [0.2, 0.25) is 0 Å². The molecule has 0 radical (unpaired) electrons. The highest BCUT2D eigenvalue weighted by Crippen LogP contribution is 2.29. The predicted octanol–water partition coefficient (Wildman–Crippen LogP) is 3.74. The molecule has 1 saturated carbocycles. The number of halogens is 2. The van der Waals surface area contributed by atoms with Crippen LogP contribution < -0.4 is 10.9 Å². The van der Waals surface area contributed by atoms with E-state index in [2.05, 4.69) is 15.3 Å². The quantitative estimate of drug-likeness (QED) is 0.658. The SMILES string of the molecule is O=C(O)N1CC[C@H](SCc2nc3cc(NC4CCCC4)cc(F)c3c(=O)[nH]2)[C@@H](F)C1. The van der Waals surface area contributed by atoms with Gasteiger partial charge in [0.25, 0.3) is 5.56 Å². The summed E-state index contributed by atoms with van der Waals surface area (Å²) in [5, 5.41) is 11.8. The number of rotatable bonds is 5. The van der Waals surface area contributed by atoms with E-state index in [1.807, 2.05) is 0 Å². The molecule has 10 heteroatoms. The summed E-state index contributed by atoms with van der Waals surface area (Å²) in [6.07, 6.45) is 2.35. The van der Waals surface area contributed by atoms with E-state index in [4.69, 9.17) is 5.11 Å². The van der Waals surface area contributed by atoms with Gasteiger partial charge in [0.1, 0.15) is 23.2 Å². The number of carbonyl (C=O) groups is 1. The molecule has 2 aliphatic rings. The highest BCUT2D eigenvalue weighted by atomic mass is 32.2. The molecular weight excluding hydrogens is 414 g/mol. The molecule has 2 aromatic rings. The summed E-state index contributed by atoms with van der Waals surface area (Å²) in [6.45, 7) is 0.118. The van der Waals surface area contributed by atoms with Gasteiger partial charge in [0.2, 0.25) is 0 Å². The summed E-state index contributed by atoms with van der Waals surface area (Å²) in [6, 6.07) is 3.32. The number of carboxylic acid groups (broad SMARTS) is 1. The number of nitrogens with one attached hydrogen (secondary N) is 2. The maximum Gasteiger partial charge on any atom is 0.407 e. The van der Waals surface area contributed by atoms with Crippen molar-refractivity contribution >= 4 is 34.4 Å². The zero-order valence-corrected chi connectivity index (χ0v) is 17.2. The highest BCUT2D eigenvalue weighted by Gasteiger charge is 2.31. The number of aromatic amines is 1. The minimum Gasteiger partial charge on any atom is -0.465 e. The minimum atomic E-state index is -1.29. The number of anilines is 1. The van der Waals surface area contributed by atoms with E-state index in [0.29, 0.717) is 24.0 Å². The monoisotopic (exact) mass is 438 g/mol. The Balaban J connectivity index is 1.49. The van der Waals surface area contributed by atoms with Crippen molar-refractivity contribution in [3.63, 3.8) is 0 Å². The zero-order valence-electron chi connectivity index (χ0n) is 16.4. The molecule has 7 nitrogen and oxygen atoms in total. The molecule has 3 N–H and O–H groups in total. The number of benzene rings is 1. The van der Waals surface area contributed by atoms with Gasteiger partial charge >= 0.3 is 6.09 Å². The predicted molar refractivity (Wildman–Crippen MR) is 112 cm³/mol. The Bertz CT molecular complexity index is 996. The molecule has 1 amide bonds. The number of likely N-dealkylation sites (tertiary alicyclic amines) is 1. The molecule has 0 unspecified atom stereocenters. The van der Waals surface area contributed by atoms with Crippen LogP contribution in [0.4, 0.5) is 19.3 Å². The second kappa shape index (κ2) is 8.79. The van der Waals surface area contributed by atoms with Crippen molar-refractivity contribution in [1.82, 2.24) is 14.9 Å². The molecule has 1 saturated heterocycles. The van der Waals surface area contributed by atoms with Gasteiger partial charge < -0.3 is 20.3 Å². The average Bonchev–Trinajstić information content (AvgIpc) is 3.19. The molecule has 2 fully saturated rings. The second-order valence-corrected chi connectivity index (χ2v) is 9.10. The third kappa shape index (κ3) is 4.53. The van der Waals surface area contributed by atoms with Gasteiger partial charge in [-0.25, -0.2) is 18.6 Å². The maximum absolute atomic E-state index is 14.5. The lowest BCUT2D eigenvalue weighted by Gasteiger charge is -2.32. The van der Waals surface area contributed by atoms with Crippen molar-refractivity contribution in [2.75, 3.05) is 18.4 Å². The van der Waals surface area contributed by atoms with Crippen LogP contribution in [0.25, 0.3) is 10.9 Å². The molecule has 2 heterocycles. The molecule has 30 heavy (non-hydrogen) atoms. The van der Waals surface area contributed by atoms with Gasteiger partial charge in [-0.05, 0) is 31.4 Å². The number of piperidine rings is 1. The van der Waals surface area contributed by atoms with E-state index in [1.165, 1.54) is 17.8 Å². The molecule has 1 aliphatic carbocycles. The molecule has 4 rings (SSSR count). The number of hydrogen-bond acceptors (Lipinski definition) is 5. The zero-order chi connectivity index (χ0) is 21.3. The fourth-order valence-electron chi connectivity index (χ4n) is 4.16. The van der Waals surface area contributed by atoms with Crippen molar-refractivity contribution in [1.29, 1.82) is 0 Å². The van der Waals surface area contributed by atoms with Crippen LogP contribution >= 0.6 is 11.8 Å². The van der Waals surface area contributed by atoms with Crippen molar-refractivity contribution < 1.29 is 18.7 Å². The van der Waals surface area contributed by atoms with Gasteiger partial charge in [0.15, 0.2) is 0 Å². The van der Waals surface area contributed by atoms with Crippen LogP contribution in [0.3, 0.4) is 0 Å². The molecule has 1 aromatic heterocycles. The van der Waals surface area contributed by atoms with E-state index in [0.717, 1.165) is 30.6 Å². The Morgan fingerprint density at radius 2 is 2.10 bits per heavy atom. The van der Waals surface area contributed by atoms with Crippen molar-refractivity contribution in [2.45, 2.75) is 55.3 Å². The Morgan fingerprint density at radius 1 is 1.33 bits per heavy atom. The number of alkyl halides is 1. The molecule has 1 aliphatic heterocycles. The summed E-state index contributed by atoms with van der Waals surface area (Å²) < 4.78 is 28.9. The molecule has 0 spiro atoms. The number of aromatic nitrogens is 2. The van der Waals surface area contributed by atoms with Gasteiger partial charge in [0, 0.05) is 23.5 Å². The van der Waals surface area contributed by atoms with Gasteiger partial charge in [-0.2, -0.15) is 0 Å². The number of amides is 1. The summed E-state index contributed by atoms with van der Waals surface area (Å²) in [5.74, 6) is -0.0146. The number of nitrogens with zero attached hydrogens (tertiary/aromatic N) is 2. The van der Waals surface area contributed by atoms with Crippen LogP contribution in [0, 0.1) is 5.82 Å². The molecule has 0 bridgehead atoms. The topological polar surface area (TPSA) is 98.3 Å². The maximum atomic E-state index is 14.5. The van der Waals surface area contributed by atoms with Gasteiger partial charge in [-0.3, -0.25) is 4.79 Å². The lowest BCUT2D eigenvalue weighted by atomic mass is 10.1. The smallest absolute Gasteiger partial charge is 0.407 e. The van der Waals surface area contributed by atoms with Gasteiger partial charge in [-0.15, -0.1) is 11.8 Å². The Morgan fingerprint density at radius 3 is 2.80 bits per heavy atom. The van der Waals surface area contributed by atoms with E-state index in [9.17, 15) is 18.4 Å². The Kier molecular flexibility index (Phi) is 6.12. The van der Waals surface area contributed by atoms with Crippen LogP contribution in [0.1, 0.15) is 37.9 Å². The first-order valence-electron chi connectivity index (χ1n) is 10.1. The molecular formula is C20H24F2N4O3S. The number of hydrogen-bond donors (Lipinski definition) is 3. The first-order chi connectivity index (χ1) is 14.4. The normalized spacial score (nSPS) is 22.5. The fraction of sp³-hybridized carbons (Fsp3) is 0.550. The van der Waals surface area contributed by atoms with Crippen LogP contribution in [0.5, 0.6) is 0 Å². The Labute approximate surface area is 176 Å². The lowest BCUT2D eigenvalue weighted by Crippen LogP contribution is -2.45. The van der Waals surface area contributed by atoms with Crippen molar-refractivity contribution in [2.24, 2.45) is 0 Å². The summed E-state index contributed by atoms with van der Waals surface area (Å²) >= 11 is 1.29. The van der Waals surface area contributed by atoms with E-state index in [1.54, 1.807) is 6.07 Å². The van der Waals surface area contributed by atoms with Crippen LogP contribution in [0.15, 0.2) is 16.9 Å². The van der Waals surface area contributed by atoms with E-state index in [-0.39, 0.29) is 35.0 Å². The van der Waals surface area contributed by atoms with Crippen molar-refractivity contribution in [3.05, 3.63) is 34.1 Å². The standard InChI is InChI=1S/C20H24F2N4O3S/c21-13-7-12(23-11-3-1-2-4-11)8-15-18(13)19(27)25-17(24-15)10-30-16-5-6-26(20(28)29)9-14(16)22/h7-8,11,14,16,23H,1-6,9-10H2,(H,28,29)(H,24,25,27)/t14-,16-/m0/s1. The van der Waals surface area contributed by atoms with E-state index >= 15 is 0 Å². The lowest BCUT2D eigenvalue weighted by molar-refractivity contribution is 0.110. The van der Waals surface area contributed by atoms with E-state index < -0.39 is 23.6 Å². The summed E-state index contributed by atoms with van der Waals surface area (Å²) in [5.41, 5.74) is 0.318. The number of fused-ring (bicyclic) bond motifs is 1. The summed E-state index contributed by atoms with van der Waals surface area (Å²) in [4.78, 5) is 31.4. The molecule has 162 valence electrons. The number of thioether (sulfide) groups is 1. The van der Waals surface area contributed by atoms with Crippen LogP contribution in [-0.4, -0.2) is 56.6 Å².